The first-order valence-corrected chi connectivity index (χ1v) is 6.33. The molecule has 2 aromatic rings. The second-order valence-electron chi connectivity index (χ2n) is 4.58. The maximum absolute atomic E-state index is 11.0. The number of aryl methyl sites for hydroxylation is 1. The van der Waals surface area contributed by atoms with Crippen LogP contribution in [0.25, 0.3) is 10.9 Å². The van der Waals surface area contributed by atoms with Gasteiger partial charge in [-0.3, -0.25) is 4.79 Å². The molecule has 2 rings (SSSR count). The average molecular weight is 245 g/mol. The maximum atomic E-state index is 11.0. The van der Waals surface area contributed by atoms with Crippen LogP contribution in [0.5, 0.6) is 0 Å². The van der Waals surface area contributed by atoms with E-state index in [1.807, 2.05) is 12.1 Å². The van der Waals surface area contributed by atoms with Crippen LogP contribution < -0.4 is 0 Å². The molecule has 18 heavy (non-hydrogen) atoms. The monoisotopic (exact) mass is 245 g/mol. The molecule has 0 saturated heterocycles. The smallest absolute Gasteiger partial charge is 0.302 e. The molecular formula is C15H19NO2. The van der Waals surface area contributed by atoms with Gasteiger partial charge in [-0.25, -0.2) is 0 Å². The molecule has 0 N–H and O–H groups in total. The molecular weight excluding hydrogens is 226 g/mol. The Morgan fingerprint density at radius 1 is 1.39 bits per heavy atom. The Labute approximate surface area is 107 Å². The van der Waals surface area contributed by atoms with Crippen LogP contribution >= 0.6 is 0 Å². The normalized spacial score (nSPS) is 12.6. The van der Waals surface area contributed by atoms with Crippen LogP contribution in [0.2, 0.25) is 0 Å². The number of fused-ring (bicyclic) bond motifs is 1. The van der Waals surface area contributed by atoms with Crippen molar-refractivity contribution in [2.24, 2.45) is 0 Å². The highest BCUT2D eigenvalue weighted by atomic mass is 16.5. The minimum absolute atomic E-state index is 0.203. The third-order valence-corrected chi connectivity index (χ3v) is 3.26. The van der Waals surface area contributed by atoms with Crippen LogP contribution in [0.1, 0.15) is 32.0 Å². The first kappa shape index (κ1) is 12.7. The fourth-order valence-corrected chi connectivity index (χ4v) is 2.39. The van der Waals surface area contributed by atoms with Crippen LogP contribution in [-0.4, -0.2) is 17.1 Å². The number of esters is 1. The summed E-state index contributed by atoms with van der Waals surface area (Å²) in [5, 5.41) is 1.23. The predicted octanol–water partition coefficient (Wildman–Crippen LogP) is 3.46. The zero-order chi connectivity index (χ0) is 13.1. The number of carbonyl (C=O) groups is 1. The molecule has 1 atom stereocenters. The van der Waals surface area contributed by atoms with Gasteiger partial charge in [0.05, 0.1) is 6.04 Å². The van der Waals surface area contributed by atoms with E-state index in [0.29, 0.717) is 6.61 Å². The molecule has 1 unspecified atom stereocenters. The molecule has 0 aliphatic heterocycles. The van der Waals surface area contributed by atoms with Gasteiger partial charge in [0.25, 0.3) is 0 Å². The van der Waals surface area contributed by atoms with Gasteiger partial charge in [-0.05, 0) is 30.9 Å². The number of ether oxygens (including phenoxy) is 1. The van der Waals surface area contributed by atoms with E-state index in [1.165, 1.54) is 23.5 Å². The van der Waals surface area contributed by atoms with E-state index in [-0.39, 0.29) is 12.0 Å². The van der Waals surface area contributed by atoms with Crippen molar-refractivity contribution in [2.75, 3.05) is 6.61 Å². The highest BCUT2D eigenvalue weighted by molar-refractivity contribution is 5.81. The summed E-state index contributed by atoms with van der Waals surface area (Å²) in [6, 6.07) is 10.7. The van der Waals surface area contributed by atoms with E-state index < -0.39 is 0 Å². The van der Waals surface area contributed by atoms with Crippen molar-refractivity contribution in [3.8, 4) is 0 Å². The summed E-state index contributed by atoms with van der Waals surface area (Å²) in [7, 11) is 0. The molecule has 0 radical (unpaired) electrons. The zero-order valence-corrected chi connectivity index (χ0v) is 11.1. The van der Waals surface area contributed by atoms with Gasteiger partial charge < -0.3 is 9.30 Å². The number of hydrogen-bond acceptors (Lipinski definition) is 2. The van der Waals surface area contributed by atoms with Crippen molar-refractivity contribution in [3.05, 3.63) is 36.0 Å². The Kier molecular flexibility index (Phi) is 3.70. The van der Waals surface area contributed by atoms with Crippen LogP contribution in [-0.2, 0) is 9.53 Å². The van der Waals surface area contributed by atoms with Gasteiger partial charge in [0, 0.05) is 18.1 Å². The van der Waals surface area contributed by atoms with Gasteiger partial charge in [-0.1, -0.05) is 25.1 Å². The minimum Gasteiger partial charge on any atom is -0.464 e. The number of rotatable bonds is 4. The third kappa shape index (κ3) is 2.40. The highest BCUT2D eigenvalue weighted by Gasteiger charge is 2.15. The lowest BCUT2D eigenvalue weighted by Crippen LogP contribution is -2.17. The Hall–Kier alpha value is -1.77. The first-order valence-electron chi connectivity index (χ1n) is 6.33. The molecule has 1 heterocycles. The molecule has 0 aliphatic rings. The second kappa shape index (κ2) is 5.25. The van der Waals surface area contributed by atoms with E-state index in [2.05, 4.69) is 36.6 Å². The van der Waals surface area contributed by atoms with Crippen molar-refractivity contribution in [3.63, 3.8) is 0 Å². The number of para-hydroxylation sites is 1. The quantitative estimate of drug-likeness (QED) is 0.772. The summed E-state index contributed by atoms with van der Waals surface area (Å²) in [5.74, 6) is -0.220. The van der Waals surface area contributed by atoms with Gasteiger partial charge in [0.2, 0.25) is 0 Å². The van der Waals surface area contributed by atoms with Gasteiger partial charge in [0.15, 0.2) is 0 Å². The largest absolute Gasteiger partial charge is 0.464 e. The first-order chi connectivity index (χ1) is 8.63. The number of benzene rings is 1. The lowest BCUT2D eigenvalue weighted by atomic mass is 10.2. The van der Waals surface area contributed by atoms with Crippen molar-refractivity contribution in [1.29, 1.82) is 0 Å². The van der Waals surface area contributed by atoms with Crippen molar-refractivity contribution >= 4 is 16.9 Å². The lowest BCUT2D eigenvalue weighted by Gasteiger charge is -2.20. The number of hydrogen-bond donors (Lipinski definition) is 0. The van der Waals surface area contributed by atoms with E-state index in [9.17, 15) is 4.79 Å². The second-order valence-corrected chi connectivity index (χ2v) is 4.58. The Bertz CT molecular complexity index is 557. The minimum atomic E-state index is -0.220. The summed E-state index contributed by atoms with van der Waals surface area (Å²) in [6.45, 7) is 6.09. The summed E-state index contributed by atoms with van der Waals surface area (Å²) in [6.07, 6.45) is 0.937. The lowest BCUT2D eigenvalue weighted by molar-refractivity contribution is -0.142. The molecule has 0 bridgehead atoms. The third-order valence-electron chi connectivity index (χ3n) is 3.26. The van der Waals surface area contributed by atoms with E-state index >= 15 is 0 Å². The van der Waals surface area contributed by atoms with Crippen molar-refractivity contribution in [1.82, 2.24) is 4.57 Å². The Balaban J connectivity index is 2.38. The molecule has 3 nitrogen and oxygen atoms in total. The summed E-state index contributed by atoms with van der Waals surface area (Å²) >= 11 is 0. The summed E-state index contributed by atoms with van der Waals surface area (Å²) in [4.78, 5) is 11.0. The molecule has 0 saturated carbocycles. The number of nitrogens with zero attached hydrogens (tertiary/aromatic N) is 1. The average Bonchev–Trinajstić information content (AvgIpc) is 2.67. The van der Waals surface area contributed by atoms with Gasteiger partial charge >= 0.3 is 5.97 Å². The molecule has 3 heteroatoms. The topological polar surface area (TPSA) is 31.2 Å². The number of aromatic nitrogens is 1. The van der Waals surface area contributed by atoms with Gasteiger partial charge in [-0.2, -0.15) is 0 Å². The summed E-state index contributed by atoms with van der Waals surface area (Å²) < 4.78 is 7.43. The maximum Gasteiger partial charge on any atom is 0.302 e. The zero-order valence-electron chi connectivity index (χ0n) is 11.1. The Morgan fingerprint density at radius 2 is 2.11 bits per heavy atom. The van der Waals surface area contributed by atoms with E-state index in [1.54, 1.807) is 0 Å². The molecule has 0 aliphatic carbocycles. The fourth-order valence-electron chi connectivity index (χ4n) is 2.39. The van der Waals surface area contributed by atoms with Crippen LogP contribution in [0.3, 0.4) is 0 Å². The fraction of sp³-hybridized carbons (Fsp3) is 0.400. The molecule has 96 valence electrons. The molecule has 0 amide bonds. The molecule has 1 aromatic heterocycles. The van der Waals surface area contributed by atoms with E-state index in [0.717, 1.165) is 6.42 Å². The SMILES string of the molecule is CCC(COC(C)=O)n1c(C)cc2ccccc21. The van der Waals surface area contributed by atoms with Gasteiger partial charge in [-0.15, -0.1) is 0 Å². The predicted molar refractivity (Wildman–Crippen MR) is 72.6 cm³/mol. The highest BCUT2D eigenvalue weighted by Crippen LogP contribution is 2.25. The van der Waals surface area contributed by atoms with E-state index in [4.69, 9.17) is 4.74 Å². The van der Waals surface area contributed by atoms with Crippen molar-refractivity contribution in [2.45, 2.75) is 33.2 Å². The molecule has 1 aromatic carbocycles. The number of carbonyl (C=O) groups excluding carboxylic acids is 1. The van der Waals surface area contributed by atoms with Crippen LogP contribution in [0.15, 0.2) is 30.3 Å². The van der Waals surface area contributed by atoms with Crippen LogP contribution in [0.4, 0.5) is 0 Å². The Morgan fingerprint density at radius 3 is 2.78 bits per heavy atom. The van der Waals surface area contributed by atoms with Gasteiger partial charge in [0.1, 0.15) is 6.61 Å². The van der Waals surface area contributed by atoms with Crippen LogP contribution in [0, 0.1) is 6.92 Å². The van der Waals surface area contributed by atoms with Crippen molar-refractivity contribution < 1.29 is 9.53 Å². The molecule has 0 fully saturated rings. The molecule has 0 spiro atoms. The summed E-state index contributed by atoms with van der Waals surface area (Å²) in [5.41, 5.74) is 2.41. The standard InChI is InChI=1S/C15H19NO2/c1-4-14(10-18-12(3)17)16-11(2)9-13-7-5-6-8-15(13)16/h5-9,14H,4,10H2,1-3H3.